The van der Waals surface area contributed by atoms with E-state index in [2.05, 4.69) is 25.5 Å². The quantitative estimate of drug-likeness (QED) is 0.434. The third-order valence-corrected chi connectivity index (χ3v) is 6.50. The number of Topliss-reactive ketones (excluding diaryl/α,β-unsaturated/α-hetero) is 1. The number of ketones is 1. The van der Waals surface area contributed by atoms with Crippen molar-refractivity contribution in [1.82, 2.24) is 20.2 Å². The fraction of sp³-hybridized carbons (Fsp3) is 0.227. The van der Waals surface area contributed by atoms with Crippen LogP contribution in [0.1, 0.15) is 42.9 Å². The molecular formula is C22H19N5O2S. The average Bonchev–Trinajstić information content (AvgIpc) is 3.46. The molecule has 0 radical (unpaired) electrons. The summed E-state index contributed by atoms with van der Waals surface area (Å²) >= 11 is 1.44. The first kappa shape index (κ1) is 17.6. The molecule has 1 aromatic carbocycles. The minimum atomic E-state index is -0.245. The van der Waals surface area contributed by atoms with Crippen molar-refractivity contribution in [2.75, 3.05) is 5.32 Å². The number of furan rings is 1. The van der Waals surface area contributed by atoms with Gasteiger partial charge in [0.15, 0.2) is 21.8 Å². The van der Waals surface area contributed by atoms with E-state index in [0.717, 1.165) is 69.0 Å². The van der Waals surface area contributed by atoms with E-state index < -0.39 is 0 Å². The van der Waals surface area contributed by atoms with E-state index >= 15 is 0 Å². The molecule has 1 aliphatic carbocycles. The van der Waals surface area contributed by atoms with E-state index in [4.69, 9.17) is 4.42 Å². The number of carbonyl (C=O) groups is 1. The van der Waals surface area contributed by atoms with E-state index in [0.29, 0.717) is 6.42 Å². The van der Waals surface area contributed by atoms with Crippen molar-refractivity contribution in [3.05, 3.63) is 65.2 Å². The maximum Gasteiger partial charge on any atom is 0.174 e. The first-order valence-electron chi connectivity index (χ1n) is 10.1. The summed E-state index contributed by atoms with van der Waals surface area (Å²) in [6.45, 7) is 0. The van der Waals surface area contributed by atoms with Gasteiger partial charge in [0, 0.05) is 29.5 Å². The van der Waals surface area contributed by atoms with Crippen molar-refractivity contribution >= 4 is 34.4 Å². The second kappa shape index (κ2) is 6.91. The molecule has 1 aliphatic heterocycles. The van der Waals surface area contributed by atoms with Crippen LogP contribution in [0.25, 0.3) is 11.0 Å². The van der Waals surface area contributed by atoms with Crippen LogP contribution in [0.15, 0.2) is 68.5 Å². The molecule has 0 bridgehead atoms. The molecule has 0 fully saturated rings. The third-order valence-electron chi connectivity index (χ3n) is 5.70. The summed E-state index contributed by atoms with van der Waals surface area (Å²) in [6, 6.07) is 11.8. The SMILES string of the molecule is O=C1CCCCC2=C1C(c1ccc(Sc3nc4ccccc4[nH]3)o1)c1c[nH]nc1N2. The molecule has 1 unspecified atom stereocenters. The zero-order valence-electron chi connectivity index (χ0n) is 16.1. The molecule has 0 spiro atoms. The molecule has 0 saturated carbocycles. The van der Waals surface area contributed by atoms with Crippen LogP contribution in [0.4, 0.5) is 5.82 Å². The fourth-order valence-electron chi connectivity index (χ4n) is 4.32. The minimum absolute atomic E-state index is 0.190. The maximum absolute atomic E-state index is 13.0. The molecule has 4 aromatic rings. The van der Waals surface area contributed by atoms with Crippen molar-refractivity contribution in [3.8, 4) is 0 Å². The highest BCUT2D eigenvalue weighted by molar-refractivity contribution is 7.99. The second-order valence-corrected chi connectivity index (χ2v) is 8.58. The first-order valence-corrected chi connectivity index (χ1v) is 10.9. The molecule has 3 aromatic heterocycles. The van der Waals surface area contributed by atoms with Crippen LogP contribution in [0.3, 0.4) is 0 Å². The fourth-order valence-corrected chi connectivity index (χ4v) is 5.09. The van der Waals surface area contributed by atoms with Crippen LogP contribution in [-0.2, 0) is 4.79 Å². The van der Waals surface area contributed by atoms with Crippen LogP contribution in [0.5, 0.6) is 0 Å². The molecule has 0 saturated heterocycles. The Morgan fingerprint density at radius 1 is 1.10 bits per heavy atom. The zero-order chi connectivity index (χ0) is 20.1. The zero-order valence-corrected chi connectivity index (χ0v) is 16.9. The van der Waals surface area contributed by atoms with Gasteiger partial charge in [-0.05, 0) is 55.3 Å². The minimum Gasteiger partial charge on any atom is -0.453 e. The summed E-state index contributed by atoms with van der Waals surface area (Å²) in [7, 11) is 0. The predicted molar refractivity (Wildman–Crippen MR) is 113 cm³/mol. The van der Waals surface area contributed by atoms with Crippen LogP contribution in [0, 0.1) is 0 Å². The Bertz CT molecular complexity index is 1260. The summed E-state index contributed by atoms with van der Waals surface area (Å²) in [4.78, 5) is 20.9. The van der Waals surface area contributed by atoms with Gasteiger partial charge in [-0.3, -0.25) is 9.89 Å². The van der Waals surface area contributed by atoms with E-state index in [1.807, 2.05) is 42.6 Å². The lowest BCUT2D eigenvalue weighted by Crippen LogP contribution is -2.22. The highest BCUT2D eigenvalue weighted by atomic mass is 32.2. The Morgan fingerprint density at radius 2 is 2.00 bits per heavy atom. The lowest BCUT2D eigenvalue weighted by Gasteiger charge is -2.26. The standard InChI is InChI=1S/C22H19N5O2S/c28-16-8-4-3-7-15-20(16)19(12-11-23-27-21(12)24-15)17-9-10-18(29-17)30-22-25-13-5-1-2-6-14(13)26-22/h1-2,5-6,9-11,19H,3-4,7-8H2,(H,25,26)(H2,23,24,27). The van der Waals surface area contributed by atoms with Gasteiger partial charge in [-0.25, -0.2) is 4.98 Å². The monoisotopic (exact) mass is 417 g/mol. The number of hydrogen-bond acceptors (Lipinski definition) is 6. The molecule has 2 aliphatic rings. The van der Waals surface area contributed by atoms with Crippen LogP contribution in [0.2, 0.25) is 0 Å². The number of allylic oxidation sites excluding steroid dienone is 2. The van der Waals surface area contributed by atoms with Crippen LogP contribution < -0.4 is 5.32 Å². The van der Waals surface area contributed by atoms with E-state index in [9.17, 15) is 4.79 Å². The Morgan fingerprint density at radius 3 is 2.93 bits per heavy atom. The van der Waals surface area contributed by atoms with Crippen molar-refractivity contribution in [3.63, 3.8) is 0 Å². The van der Waals surface area contributed by atoms with Gasteiger partial charge in [0.1, 0.15) is 5.76 Å². The number of fused-ring (bicyclic) bond motifs is 2. The molecule has 8 heteroatoms. The smallest absolute Gasteiger partial charge is 0.174 e. The first-order chi connectivity index (χ1) is 14.8. The molecule has 0 amide bonds. The molecule has 150 valence electrons. The van der Waals surface area contributed by atoms with E-state index in [1.54, 1.807) is 0 Å². The molecule has 30 heavy (non-hydrogen) atoms. The number of nitrogens with zero attached hydrogens (tertiary/aromatic N) is 2. The summed E-state index contributed by atoms with van der Waals surface area (Å²) in [5.74, 6) is 1.47. The third kappa shape index (κ3) is 2.87. The molecule has 1 atom stereocenters. The van der Waals surface area contributed by atoms with Gasteiger partial charge in [-0.15, -0.1) is 0 Å². The second-order valence-electron chi connectivity index (χ2n) is 7.59. The normalized spacial score (nSPS) is 18.8. The Kier molecular flexibility index (Phi) is 4.05. The Balaban J connectivity index is 1.37. The number of carbonyl (C=O) groups excluding carboxylic acids is 1. The average molecular weight is 417 g/mol. The number of nitrogens with one attached hydrogen (secondary N) is 3. The van der Waals surface area contributed by atoms with Crippen molar-refractivity contribution in [2.45, 2.75) is 41.8 Å². The van der Waals surface area contributed by atoms with Gasteiger partial charge in [0.05, 0.1) is 17.0 Å². The van der Waals surface area contributed by atoms with E-state index in [1.165, 1.54) is 11.8 Å². The predicted octanol–water partition coefficient (Wildman–Crippen LogP) is 4.98. The topological polar surface area (TPSA) is 99.6 Å². The largest absolute Gasteiger partial charge is 0.453 e. The number of benzene rings is 1. The highest BCUT2D eigenvalue weighted by Crippen LogP contribution is 2.45. The van der Waals surface area contributed by atoms with E-state index in [-0.39, 0.29) is 11.7 Å². The molecule has 3 N–H and O–H groups in total. The van der Waals surface area contributed by atoms with Crippen LogP contribution >= 0.6 is 11.8 Å². The molecular weight excluding hydrogens is 398 g/mol. The van der Waals surface area contributed by atoms with Crippen LogP contribution in [-0.4, -0.2) is 25.9 Å². The number of H-pyrrole nitrogens is 2. The number of aromatic amines is 2. The van der Waals surface area contributed by atoms with Gasteiger partial charge in [0.25, 0.3) is 0 Å². The van der Waals surface area contributed by atoms with Gasteiger partial charge >= 0.3 is 0 Å². The molecule has 7 nitrogen and oxygen atoms in total. The number of anilines is 1. The van der Waals surface area contributed by atoms with Gasteiger partial charge < -0.3 is 14.7 Å². The molecule has 6 rings (SSSR count). The lowest BCUT2D eigenvalue weighted by molar-refractivity contribution is -0.115. The highest BCUT2D eigenvalue weighted by Gasteiger charge is 2.37. The van der Waals surface area contributed by atoms with Gasteiger partial charge in [0.2, 0.25) is 0 Å². The summed E-state index contributed by atoms with van der Waals surface area (Å²) in [5, 5.41) is 12.1. The van der Waals surface area contributed by atoms with Crippen molar-refractivity contribution < 1.29 is 9.21 Å². The summed E-state index contributed by atoms with van der Waals surface area (Å²) < 4.78 is 6.23. The number of rotatable bonds is 3. The number of aromatic nitrogens is 4. The number of para-hydroxylation sites is 2. The maximum atomic E-state index is 13.0. The number of imidazole rings is 1. The lowest BCUT2D eigenvalue weighted by atomic mass is 9.83. The Hall–Kier alpha value is -3.26. The van der Waals surface area contributed by atoms with Gasteiger partial charge in [-0.2, -0.15) is 5.10 Å². The van der Waals surface area contributed by atoms with Crippen molar-refractivity contribution in [2.24, 2.45) is 0 Å². The summed E-state index contributed by atoms with van der Waals surface area (Å²) in [5.41, 5.74) is 4.65. The Labute approximate surface area is 176 Å². The number of hydrogen-bond donors (Lipinski definition) is 3. The molecule has 4 heterocycles. The van der Waals surface area contributed by atoms with Gasteiger partial charge in [-0.1, -0.05) is 12.1 Å². The van der Waals surface area contributed by atoms with Crippen molar-refractivity contribution in [1.29, 1.82) is 0 Å². The summed E-state index contributed by atoms with van der Waals surface area (Å²) in [6.07, 6.45) is 5.19.